The summed E-state index contributed by atoms with van der Waals surface area (Å²) in [5.74, 6) is -1.53. The highest BCUT2D eigenvalue weighted by molar-refractivity contribution is 6.23. The predicted molar refractivity (Wildman–Crippen MR) is 90.8 cm³/mol. The first-order chi connectivity index (χ1) is 12.1. The van der Waals surface area contributed by atoms with Crippen LogP contribution in [-0.4, -0.2) is 46.0 Å². The Morgan fingerprint density at radius 1 is 0.960 bits per heavy atom. The summed E-state index contributed by atoms with van der Waals surface area (Å²) in [6.45, 7) is 2.45. The van der Waals surface area contributed by atoms with Crippen molar-refractivity contribution in [2.75, 3.05) is 6.54 Å². The van der Waals surface area contributed by atoms with Crippen LogP contribution in [0.25, 0.3) is 0 Å². The number of carbonyl (C=O) groups excluding carboxylic acids is 4. The van der Waals surface area contributed by atoms with Crippen LogP contribution in [0.5, 0.6) is 0 Å². The molecule has 1 atom stereocenters. The molecule has 2 heterocycles. The highest BCUT2D eigenvalue weighted by atomic mass is 16.2. The molecule has 1 saturated heterocycles. The molecule has 0 bridgehead atoms. The summed E-state index contributed by atoms with van der Waals surface area (Å²) in [6, 6.07) is 5.70. The van der Waals surface area contributed by atoms with Gasteiger partial charge in [0.1, 0.15) is 6.04 Å². The third-order valence-electron chi connectivity index (χ3n) is 4.86. The molecule has 1 aromatic rings. The molecule has 132 valence electrons. The molecular weight excluding hydrogens is 320 g/mol. The minimum absolute atomic E-state index is 0.178. The number of hydrogen-bond acceptors (Lipinski definition) is 4. The molecule has 4 amide bonds. The van der Waals surface area contributed by atoms with Gasteiger partial charge in [-0.15, -0.1) is 0 Å². The molecule has 1 aromatic carbocycles. The lowest BCUT2D eigenvalue weighted by Gasteiger charge is -2.34. The van der Waals surface area contributed by atoms with Crippen LogP contribution in [0.4, 0.5) is 0 Å². The van der Waals surface area contributed by atoms with E-state index in [0.29, 0.717) is 17.7 Å². The minimum Gasteiger partial charge on any atom is -0.281 e. The van der Waals surface area contributed by atoms with E-state index in [-0.39, 0.29) is 18.7 Å². The number of likely N-dealkylation sites (tertiary alicyclic amines) is 1. The number of carbonyl (C=O) groups is 4. The van der Waals surface area contributed by atoms with Gasteiger partial charge in [-0.05, 0) is 25.0 Å². The van der Waals surface area contributed by atoms with E-state index in [4.69, 9.17) is 0 Å². The number of rotatable bonds is 6. The van der Waals surface area contributed by atoms with Gasteiger partial charge < -0.3 is 0 Å². The summed E-state index contributed by atoms with van der Waals surface area (Å²) < 4.78 is 0. The number of amides is 4. The SMILES string of the molecule is CCCCCCN1C(=O)CCC(N2C(=O)c3ccccc3C2=O)C1=O. The van der Waals surface area contributed by atoms with Crippen LogP contribution >= 0.6 is 0 Å². The third-order valence-corrected chi connectivity index (χ3v) is 4.86. The van der Waals surface area contributed by atoms with Crippen molar-refractivity contribution in [2.45, 2.75) is 51.5 Å². The maximum absolute atomic E-state index is 12.8. The smallest absolute Gasteiger partial charge is 0.262 e. The van der Waals surface area contributed by atoms with Crippen molar-refractivity contribution in [1.82, 2.24) is 9.80 Å². The Morgan fingerprint density at radius 2 is 1.60 bits per heavy atom. The Morgan fingerprint density at radius 3 is 2.20 bits per heavy atom. The monoisotopic (exact) mass is 342 g/mol. The second-order valence-corrected chi connectivity index (χ2v) is 6.52. The second-order valence-electron chi connectivity index (χ2n) is 6.52. The van der Waals surface area contributed by atoms with Gasteiger partial charge in [-0.3, -0.25) is 29.0 Å². The maximum Gasteiger partial charge on any atom is 0.262 e. The molecule has 0 aromatic heterocycles. The molecule has 0 radical (unpaired) electrons. The fourth-order valence-corrected chi connectivity index (χ4v) is 3.48. The van der Waals surface area contributed by atoms with Crippen LogP contribution in [0.3, 0.4) is 0 Å². The maximum atomic E-state index is 12.8. The minimum atomic E-state index is -0.878. The largest absolute Gasteiger partial charge is 0.281 e. The van der Waals surface area contributed by atoms with Crippen LogP contribution in [0.1, 0.15) is 66.2 Å². The average molecular weight is 342 g/mol. The van der Waals surface area contributed by atoms with Crippen molar-refractivity contribution in [1.29, 1.82) is 0 Å². The predicted octanol–water partition coefficient (Wildman–Crippen LogP) is 2.38. The zero-order chi connectivity index (χ0) is 18.0. The summed E-state index contributed by atoms with van der Waals surface area (Å²) in [5, 5.41) is 0. The highest BCUT2D eigenvalue weighted by Crippen LogP contribution is 2.29. The quantitative estimate of drug-likeness (QED) is 0.588. The Bertz CT molecular complexity index is 693. The molecule has 25 heavy (non-hydrogen) atoms. The van der Waals surface area contributed by atoms with Crippen molar-refractivity contribution in [3.8, 4) is 0 Å². The average Bonchev–Trinajstić information content (AvgIpc) is 2.86. The van der Waals surface area contributed by atoms with Gasteiger partial charge >= 0.3 is 0 Å². The molecule has 0 aliphatic carbocycles. The number of hydrogen-bond donors (Lipinski definition) is 0. The molecule has 2 aliphatic heterocycles. The molecule has 1 fully saturated rings. The van der Waals surface area contributed by atoms with E-state index in [1.807, 2.05) is 0 Å². The molecule has 2 aliphatic rings. The van der Waals surface area contributed by atoms with Gasteiger partial charge in [-0.1, -0.05) is 38.3 Å². The van der Waals surface area contributed by atoms with Crippen molar-refractivity contribution < 1.29 is 19.2 Å². The Balaban J connectivity index is 1.77. The zero-order valence-electron chi connectivity index (χ0n) is 14.4. The molecule has 6 nitrogen and oxygen atoms in total. The number of imide groups is 2. The highest BCUT2D eigenvalue weighted by Gasteiger charge is 2.46. The summed E-state index contributed by atoms with van der Waals surface area (Å²) in [5.41, 5.74) is 0.651. The first-order valence-electron chi connectivity index (χ1n) is 8.87. The Labute approximate surface area is 146 Å². The molecule has 0 N–H and O–H groups in total. The normalized spacial score (nSPS) is 20.4. The summed E-state index contributed by atoms with van der Waals surface area (Å²) in [6.07, 6.45) is 4.20. The zero-order valence-corrected chi connectivity index (χ0v) is 14.4. The van der Waals surface area contributed by atoms with Gasteiger partial charge in [0.2, 0.25) is 5.91 Å². The fraction of sp³-hybridized carbons (Fsp3) is 0.474. The standard InChI is InChI=1S/C19H22N2O4/c1-2-3-4-7-12-20-16(22)11-10-15(19(20)25)21-17(23)13-8-5-6-9-14(13)18(21)24/h5-6,8-9,15H,2-4,7,10-12H2,1H3. The van der Waals surface area contributed by atoms with Gasteiger partial charge in [0.25, 0.3) is 17.7 Å². The van der Waals surface area contributed by atoms with Crippen molar-refractivity contribution >= 4 is 23.6 Å². The second kappa shape index (κ2) is 7.17. The van der Waals surface area contributed by atoms with E-state index in [1.165, 1.54) is 4.90 Å². The number of nitrogens with zero attached hydrogens (tertiary/aromatic N) is 2. The van der Waals surface area contributed by atoms with Crippen LogP contribution in [-0.2, 0) is 9.59 Å². The van der Waals surface area contributed by atoms with Gasteiger partial charge in [-0.2, -0.15) is 0 Å². The number of benzene rings is 1. The first-order valence-corrected chi connectivity index (χ1v) is 8.87. The fourth-order valence-electron chi connectivity index (χ4n) is 3.48. The van der Waals surface area contributed by atoms with Gasteiger partial charge in [0, 0.05) is 13.0 Å². The molecule has 6 heteroatoms. The number of fused-ring (bicyclic) bond motifs is 1. The van der Waals surface area contributed by atoms with Crippen LogP contribution < -0.4 is 0 Å². The van der Waals surface area contributed by atoms with Crippen LogP contribution in [0.2, 0.25) is 0 Å². The van der Waals surface area contributed by atoms with E-state index in [2.05, 4.69) is 6.92 Å². The van der Waals surface area contributed by atoms with E-state index >= 15 is 0 Å². The van der Waals surface area contributed by atoms with Crippen molar-refractivity contribution in [3.05, 3.63) is 35.4 Å². The van der Waals surface area contributed by atoms with E-state index < -0.39 is 23.8 Å². The van der Waals surface area contributed by atoms with Crippen LogP contribution in [0, 0.1) is 0 Å². The molecular formula is C19H22N2O4. The lowest BCUT2D eigenvalue weighted by molar-refractivity contribution is -0.151. The van der Waals surface area contributed by atoms with Gasteiger partial charge in [0.05, 0.1) is 11.1 Å². The topological polar surface area (TPSA) is 74.8 Å². The molecule has 3 rings (SSSR count). The Hall–Kier alpha value is -2.50. The number of unbranched alkanes of at least 4 members (excludes halogenated alkanes) is 3. The summed E-state index contributed by atoms with van der Waals surface area (Å²) in [4.78, 5) is 52.4. The lowest BCUT2D eigenvalue weighted by atomic mass is 10.0. The van der Waals surface area contributed by atoms with E-state index in [1.54, 1.807) is 24.3 Å². The third kappa shape index (κ3) is 3.08. The lowest BCUT2D eigenvalue weighted by Crippen LogP contribution is -2.56. The number of piperidine rings is 1. The van der Waals surface area contributed by atoms with Gasteiger partial charge in [-0.25, -0.2) is 0 Å². The first kappa shape index (κ1) is 17.3. The Kier molecular flexibility index (Phi) is 4.97. The molecule has 0 saturated carbocycles. The summed E-state index contributed by atoms with van der Waals surface area (Å²) >= 11 is 0. The van der Waals surface area contributed by atoms with Crippen molar-refractivity contribution in [2.24, 2.45) is 0 Å². The van der Waals surface area contributed by atoms with Crippen molar-refractivity contribution in [3.63, 3.8) is 0 Å². The summed E-state index contributed by atoms with van der Waals surface area (Å²) in [7, 11) is 0. The molecule has 1 unspecified atom stereocenters. The molecule has 0 spiro atoms. The van der Waals surface area contributed by atoms with Gasteiger partial charge in [0.15, 0.2) is 0 Å². The van der Waals surface area contributed by atoms with E-state index in [9.17, 15) is 19.2 Å². The van der Waals surface area contributed by atoms with Crippen LogP contribution in [0.15, 0.2) is 24.3 Å². The van der Waals surface area contributed by atoms with E-state index in [0.717, 1.165) is 30.6 Å².